The molecule has 0 spiro atoms. The fourth-order valence-corrected chi connectivity index (χ4v) is 2.26. The Labute approximate surface area is 176 Å². The molecule has 0 fully saturated rings. The van der Waals surface area contributed by atoms with Crippen molar-refractivity contribution in [3.8, 4) is 6.07 Å². The third-order valence-corrected chi connectivity index (χ3v) is 3.58. The van der Waals surface area contributed by atoms with Crippen molar-refractivity contribution in [1.82, 2.24) is 10.6 Å². The second kappa shape index (κ2) is 13.1. The van der Waals surface area contributed by atoms with Crippen LogP contribution in [0.4, 0.5) is 4.39 Å². The summed E-state index contributed by atoms with van der Waals surface area (Å²) in [5.74, 6) is 0.175. The summed E-state index contributed by atoms with van der Waals surface area (Å²) in [4.78, 5) is 4.37. The van der Waals surface area contributed by atoms with E-state index < -0.39 is 5.82 Å². The lowest BCUT2D eigenvalue weighted by Crippen LogP contribution is -2.39. The molecule has 0 aromatic heterocycles. The first-order valence-corrected chi connectivity index (χ1v) is 8.55. The van der Waals surface area contributed by atoms with Crippen LogP contribution >= 0.6 is 24.0 Å². The summed E-state index contributed by atoms with van der Waals surface area (Å²) in [7, 11) is 0. The first-order chi connectivity index (χ1) is 12.7. The average Bonchev–Trinajstić information content (AvgIpc) is 2.67. The summed E-state index contributed by atoms with van der Waals surface area (Å²) in [6.07, 6.45) is 0. The number of nitriles is 1. The van der Waals surface area contributed by atoms with E-state index in [1.165, 1.54) is 6.07 Å². The Morgan fingerprint density at radius 3 is 2.63 bits per heavy atom. The van der Waals surface area contributed by atoms with E-state index in [1.54, 1.807) is 12.1 Å². The summed E-state index contributed by atoms with van der Waals surface area (Å²) in [6.45, 7) is 4.54. The van der Waals surface area contributed by atoms with E-state index in [0.29, 0.717) is 43.4 Å². The van der Waals surface area contributed by atoms with Gasteiger partial charge in [0.15, 0.2) is 5.96 Å². The van der Waals surface area contributed by atoms with Crippen LogP contribution < -0.4 is 10.6 Å². The van der Waals surface area contributed by atoms with Crippen molar-refractivity contribution >= 4 is 29.9 Å². The molecule has 2 aromatic rings. The Hall–Kier alpha value is -2.18. The van der Waals surface area contributed by atoms with Gasteiger partial charge in [-0.05, 0) is 24.6 Å². The van der Waals surface area contributed by atoms with Gasteiger partial charge in [-0.15, -0.1) is 24.0 Å². The predicted molar refractivity (Wildman–Crippen MR) is 115 cm³/mol. The number of halogens is 2. The van der Waals surface area contributed by atoms with Crippen LogP contribution in [0, 0.1) is 17.1 Å². The molecule has 0 heterocycles. The van der Waals surface area contributed by atoms with Crippen LogP contribution in [-0.2, 0) is 17.9 Å². The van der Waals surface area contributed by atoms with Gasteiger partial charge in [0.25, 0.3) is 0 Å². The third kappa shape index (κ3) is 8.37. The number of guanidine groups is 1. The minimum absolute atomic E-state index is 0. The Morgan fingerprint density at radius 1 is 1.19 bits per heavy atom. The smallest absolute Gasteiger partial charge is 0.191 e. The zero-order valence-corrected chi connectivity index (χ0v) is 17.6. The molecule has 0 saturated carbocycles. The van der Waals surface area contributed by atoms with Crippen LogP contribution in [0.15, 0.2) is 53.5 Å². The van der Waals surface area contributed by atoms with Crippen molar-refractivity contribution in [1.29, 1.82) is 5.26 Å². The first-order valence-electron chi connectivity index (χ1n) is 8.55. The highest BCUT2D eigenvalue weighted by Gasteiger charge is 2.04. The van der Waals surface area contributed by atoms with Crippen molar-refractivity contribution in [2.24, 2.45) is 4.99 Å². The summed E-state index contributed by atoms with van der Waals surface area (Å²) in [5, 5.41) is 15.0. The summed E-state index contributed by atoms with van der Waals surface area (Å²) < 4.78 is 19.5. The molecule has 27 heavy (non-hydrogen) atoms. The number of rotatable bonds is 8. The van der Waals surface area contributed by atoms with Crippen LogP contribution in [0.5, 0.6) is 0 Å². The molecule has 0 bridgehead atoms. The topological polar surface area (TPSA) is 69.4 Å². The standard InChI is InChI=1S/C20H23FN4O.HI/c1-2-23-20(24-10-11-26-15-16-6-4-3-5-7-16)25-14-18-9-8-17(13-22)12-19(18)21;/h3-9,12H,2,10-11,14-15H2,1H3,(H2,23,24,25);1H. The highest BCUT2D eigenvalue weighted by Crippen LogP contribution is 2.11. The van der Waals surface area contributed by atoms with Crippen LogP contribution in [0.3, 0.4) is 0 Å². The van der Waals surface area contributed by atoms with Gasteiger partial charge in [-0.25, -0.2) is 9.38 Å². The predicted octanol–water partition coefficient (Wildman–Crippen LogP) is 3.59. The van der Waals surface area contributed by atoms with Gasteiger partial charge in [-0.1, -0.05) is 36.4 Å². The lowest BCUT2D eigenvalue weighted by molar-refractivity contribution is 0.125. The lowest BCUT2D eigenvalue weighted by Gasteiger charge is -2.12. The van der Waals surface area contributed by atoms with Crippen molar-refractivity contribution < 1.29 is 9.13 Å². The maximum atomic E-state index is 13.9. The molecule has 0 aliphatic rings. The van der Waals surface area contributed by atoms with E-state index in [0.717, 1.165) is 5.56 Å². The normalized spacial score (nSPS) is 10.6. The Bertz CT molecular complexity index is 762. The van der Waals surface area contributed by atoms with Gasteiger partial charge in [-0.3, -0.25) is 0 Å². The number of aliphatic imine (C=N–C) groups is 1. The largest absolute Gasteiger partial charge is 0.375 e. The highest BCUT2D eigenvalue weighted by molar-refractivity contribution is 14.0. The Morgan fingerprint density at radius 2 is 1.96 bits per heavy atom. The molecule has 0 amide bonds. The maximum absolute atomic E-state index is 13.9. The fourth-order valence-electron chi connectivity index (χ4n) is 2.26. The van der Waals surface area contributed by atoms with Gasteiger partial charge in [0.1, 0.15) is 5.82 Å². The molecule has 0 unspecified atom stereocenters. The van der Waals surface area contributed by atoms with Crippen LogP contribution in [-0.4, -0.2) is 25.7 Å². The van der Waals surface area contributed by atoms with Gasteiger partial charge in [0.05, 0.1) is 31.4 Å². The fraction of sp³-hybridized carbons (Fsp3) is 0.300. The summed E-state index contributed by atoms with van der Waals surface area (Å²) >= 11 is 0. The lowest BCUT2D eigenvalue weighted by atomic mass is 10.1. The SMILES string of the molecule is CCNC(=NCc1ccc(C#N)cc1F)NCCOCc1ccccc1.I. The molecular weight excluding hydrogens is 458 g/mol. The van der Waals surface area contributed by atoms with Crippen LogP contribution in [0.1, 0.15) is 23.6 Å². The van der Waals surface area contributed by atoms with Gasteiger partial charge < -0.3 is 15.4 Å². The molecule has 144 valence electrons. The average molecular weight is 482 g/mol. The molecule has 0 aliphatic carbocycles. The second-order valence-electron chi connectivity index (χ2n) is 5.58. The molecular formula is C20H24FIN4O. The second-order valence-corrected chi connectivity index (χ2v) is 5.58. The van der Waals surface area contributed by atoms with E-state index in [4.69, 9.17) is 10.00 Å². The number of hydrogen-bond acceptors (Lipinski definition) is 3. The monoisotopic (exact) mass is 482 g/mol. The third-order valence-electron chi connectivity index (χ3n) is 3.58. The van der Waals surface area contributed by atoms with Crippen molar-refractivity contribution in [3.05, 3.63) is 71.0 Å². The number of hydrogen-bond donors (Lipinski definition) is 2. The van der Waals surface area contributed by atoms with Crippen LogP contribution in [0.2, 0.25) is 0 Å². The molecule has 0 radical (unpaired) electrons. The maximum Gasteiger partial charge on any atom is 0.191 e. The van der Waals surface area contributed by atoms with Gasteiger partial charge in [0, 0.05) is 18.7 Å². The number of ether oxygens (including phenoxy) is 1. The molecule has 2 rings (SSSR count). The van der Waals surface area contributed by atoms with Crippen molar-refractivity contribution in [2.75, 3.05) is 19.7 Å². The first kappa shape index (κ1) is 22.9. The van der Waals surface area contributed by atoms with Crippen molar-refractivity contribution in [2.45, 2.75) is 20.1 Å². The molecule has 7 heteroatoms. The number of nitrogens with one attached hydrogen (secondary N) is 2. The van der Waals surface area contributed by atoms with Gasteiger partial charge in [0.2, 0.25) is 0 Å². The molecule has 2 aromatic carbocycles. The minimum Gasteiger partial charge on any atom is -0.375 e. The molecule has 5 nitrogen and oxygen atoms in total. The zero-order chi connectivity index (χ0) is 18.6. The van der Waals surface area contributed by atoms with E-state index in [9.17, 15) is 4.39 Å². The van der Waals surface area contributed by atoms with E-state index in [-0.39, 0.29) is 30.5 Å². The molecule has 0 aliphatic heterocycles. The Kier molecular flexibility index (Phi) is 11.1. The molecule has 0 atom stereocenters. The number of nitrogens with zero attached hydrogens (tertiary/aromatic N) is 2. The molecule has 0 saturated heterocycles. The van der Waals surface area contributed by atoms with Crippen LogP contribution in [0.25, 0.3) is 0 Å². The van der Waals surface area contributed by atoms with E-state index in [2.05, 4.69) is 15.6 Å². The summed E-state index contributed by atoms with van der Waals surface area (Å²) in [5.41, 5.74) is 1.88. The van der Waals surface area contributed by atoms with Gasteiger partial charge in [-0.2, -0.15) is 5.26 Å². The zero-order valence-electron chi connectivity index (χ0n) is 15.2. The summed E-state index contributed by atoms with van der Waals surface area (Å²) in [6, 6.07) is 16.3. The van der Waals surface area contributed by atoms with E-state index in [1.807, 2.05) is 43.3 Å². The van der Waals surface area contributed by atoms with Gasteiger partial charge >= 0.3 is 0 Å². The number of benzene rings is 2. The minimum atomic E-state index is -0.421. The van der Waals surface area contributed by atoms with E-state index >= 15 is 0 Å². The molecule has 2 N–H and O–H groups in total. The quantitative estimate of drug-likeness (QED) is 0.261. The highest BCUT2D eigenvalue weighted by atomic mass is 127. The van der Waals surface area contributed by atoms with Crippen molar-refractivity contribution in [3.63, 3.8) is 0 Å². The Balaban J connectivity index is 0.00000364.